The summed E-state index contributed by atoms with van der Waals surface area (Å²) in [5, 5.41) is 0. The molecule has 0 aromatic rings. The van der Waals surface area contributed by atoms with Crippen LogP contribution in [0, 0.1) is 0 Å². The average Bonchev–Trinajstić information content (AvgIpc) is 2.54. The van der Waals surface area contributed by atoms with E-state index < -0.39 is 17.3 Å². The molecular formula is C21H45ClSn. The third-order valence-corrected chi connectivity index (χ3v) is 19.7. The van der Waals surface area contributed by atoms with Gasteiger partial charge in [-0.2, -0.15) is 0 Å². The molecule has 0 spiro atoms. The van der Waals surface area contributed by atoms with Crippen LogP contribution in [0.15, 0.2) is 0 Å². The van der Waals surface area contributed by atoms with Crippen LogP contribution in [0.4, 0.5) is 0 Å². The molecule has 0 aliphatic heterocycles. The molecule has 23 heavy (non-hydrogen) atoms. The molecule has 0 bridgehead atoms. The maximum absolute atomic E-state index is 7.29. The van der Waals surface area contributed by atoms with Crippen LogP contribution in [-0.2, 0) is 0 Å². The first-order valence-corrected chi connectivity index (χ1v) is 20.5. The first kappa shape index (κ1) is 24.1. The fourth-order valence-corrected chi connectivity index (χ4v) is 15.9. The van der Waals surface area contributed by atoms with E-state index in [1.165, 1.54) is 110 Å². The van der Waals surface area contributed by atoms with Crippen molar-refractivity contribution in [2.45, 2.75) is 130 Å². The van der Waals surface area contributed by atoms with Gasteiger partial charge in [-0.25, -0.2) is 0 Å². The zero-order valence-corrected chi connectivity index (χ0v) is 20.2. The summed E-state index contributed by atoms with van der Waals surface area (Å²) in [5.41, 5.74) is 0. The summed E-state index contributed by atoms with van der Waals surface area (Å²) in [5.74, 6) is 0. The summed E-state index contributed by atoms with van der Waals surface area (Å²) >= 11 is -2.26. The Labute approximate surface area is 156 Å². The fourth-order valence-electron chi connectivity index (χ4n) is 3.51. The van der Waals surface area contributed by atoms with Gasteiger partial charge in [0.25, 0.3) is 0 Å². The first-order valence-electron chi connectivity index (χ1n) is 10.9. The van der Waals surface area contributed by atoms with Gasteiger partial charge >= 0.3 is 157 Å². The van der Waals surface area contributed by atoms with Crippen molar-refractivity contribution in [3.8, 4) is 0 Å². The van der Waals surface area contributed by atoms with E-state index in [1.807, 2.05) is 0 Å². The summed E-state index contributed by atoms with van der Waals surface area (Å²) in [6, 6.07) is 0. The van der Waals surface area contributed by atoms with E-state index in [4.69, 9.17) is 8.92 Å². The summed E-state index contributed by atoms with van der Waals surface area (Å²) in [7, 11) is 7.29. The van der Waals surface area contributed by atoms with Gasteiger partial charge in [-0.05, 0) is 0 Å². The number of hydrogen-bond donors (Lipinski definition) is 0. The summed E-state index contributed by atoms with van der Waals surface area (Å²) in [6.45, 7) is 6.91. The monoisotopic (exact) mass is 452 g/mol. The molecule has 0 nitrogen and oxygen atoms in total. The van der Waals surface area contributed by atoms with Crippen molar-refractivity contribution in [1.82, 2.24) is 0 Å². The first-order chi connectivity index (χ1) is 11.2. The fraction of sp³-hybridized carbons (Fsp3) is 1.00. The van der Waals surface area contributed by atoms with Crippen molar-refractivity contribution >= 4 is 26.2 Å². The molecule has 2 heteroatoms. The van der Waals surface area contributed by atoms with Crippen LogP contribution < -0.4 is 0 Å². The Morgan fingerprint density at radius 1 is 0.435 bits per heavy atom. The molecule has 0 atom stereocenters. The molecule has 0 saturated carbocycles. The topological polar surface area (TPSA) is 0 Å². The van der Waals surface area contributed by atoms with E-state index in [9.17, 15) is 0 Å². The van der Waals surface area contributed by atoms with Crippen LogP contribution in [0.25, 0.3) is 0 Å². The van der Waals surface area contributed by atoms with Gasteiger partial charge in [0.05, 0.1) is 0 Å². The van der Waals surface area contributed by atoms with E-state index in [2.05, 4.69) is 20.8 Å². The molecule has 0 unspecified atom stereocenters. The van der Waals surface area contributed by atoms with E-state index in [-0.39, 0.29) is 0 Å². The van der Waals surface area contributed by atoms with Crippen molar-refractivity contribution in [3.05, 3.63) is 0 Å². The van der Waals surface area contributed by atoms with Crippen LogP contribution in [0.1, 0.15) is 117 Å². The molecular weight excluding hydrogens is 406 g/mol. The van der Waals surface area contributed by atoms with Gasteiger partial charge in [0.2, 0.25) is 0 Å². The zero-order chi connectivity index (χ0) is 17.2. The molecule has 0 aromatic carbocycles. The van der Waals surface area contributed by atoms with Crippen LogP contribution in [0.2, 0.25) is 13.3 Å². The van der Waals surface area contributed by atoms with Crippen molar-refractivity contribution in [2.24, 2.45) is 0 Å². The number of halogens is 1. The minimum absolute atomic E-state index is 1.35. The maximum atomic E-state index is 7.29. The second-order valence-electron chi connectivity index (χ2n) is 7.64. The van der Waals surface area contributed by atoms with Crippen molar-refractivity contribution in [1.29, 1.82) is 0 Å². The molecule has 0 saturated heterocycles. The van der Waals surface area contributed by atoms with Crippen molar-refractivity contribution in [2.75, 3.05) is 0 Å². The Kier molecular flexibility index (Phi) is 18.7. The Morgan fingerprint density at radius 3 is 0.957 bits per heavy atom. The molecule has 0 aliphatic rings. The van der Waals surface area contributed by atoms with Crippen LogP contribution in [0.3, 0.4) is 0 Å². The molecule has 140 valence electrons. The minimum atomic E-state index is -2.26. The van der Waals surface area contributed by atoms with Gasteiger partial charge in [0, 0.05) is 0 Å². The molecule has 0 amide bonds. The Hall–Kier alpha value is 1.09. The predicted molar refractivity (Wildman–Crippen MR) is 112 cm³/mol. The number of hydrogen-bond acceptors (Lipinski definition) is 0. The average molecular weight is 452 g/mol. The quantitative estimate of drug-likeness (QED) is 0.144. The summed E-state index contributed by atoms with van der Waals surface area (Å²) < 4.78 is 4.38. The second-order valence-corrected chi connectivity index (χ2v) is 23.9. The normalized spacial score (nSPS) is 12.0. The number of rotatable bonds is 18. The Morgan fingerprint density at radius 2 is 0.696 bits per heavy atom. The Bertz CT molecular complexity index is 194. The number of unbranched alkanes of at least 4 members (excludes halogenated alkanes) is 12. The Balaban J connectivity index is 4.00. The van der Waals surface area contributed by atoms with Gasteiger partial charge < -0.3 is 0 Å². The van der Waals surface area contributed by atoms with E-state index in [0.29, 0.717) is 0 Å². The van der Waals surface area contributed by atoms with Crippen molar-refractivity contribution < 1.29 is 0 Å². The summed E-state index contributed by atoms with van der Waals surface area (Å²) in [4.78, 5) is 0. The molecule has 0 rings (SSSR count). The van der Waals surface area contributed by atoms with Crippen LogP contribution >= 0.6 is 8.92 Å². The molecule has 0 radical (unpaired) electrons. The second kappa shape index (κ2) is 17.9. The van der Waals surface area contributed by atoms with Gasteiger partial charge in [0.15, 0.2) is 0 Å². The van der Waals surface area contributed by atoms with E-state index in [1.54, 1.807) is 0 Å². The van der Waals surface area contributed by atoms with Crippen molar-refractivity contribution in [3.63, 3.8) is 0 Å². The molecule has 0 heterocycles. The van der Waals surface area contributed by atoms with Gasteiger partial charge in [0.1, 0.15) is 0 Å². The van der Waals surface area contributed by atoms with Crippen LogP contribution in [0.5, 0.6) is 0 Å². The van der Waals surface area contributed by atoms with Crippen LogP contribution in [-0.4, -0.2) is 17.3 Å². The predicted octanol–water partition coefficient (Wildman–Crippen LogP) is 9.08. The third-order valence-electron chi connectivity index (χ3n) is 5.19. The molecule has 0 N–H and O–H groups in total. The zero-order valence-electron chi connectivity index (χ0n) is 16.6. The van der Waals surface area contributed by atoms with E-state index >= 15 is 0 Å². The van der Waals surface area contributed by atoms with Gasteiger partial charge in [-0.15, -0.1) is 0 Å². The molecule has 0 aliphatic carbocycles. The van der Waals surface area contributed by atoms with E-state index in [0.717, 1.165) is 0 Å². The standard InChI is InChI=1S/3C7H15.ClH.Sn/c3*1-3-5-7-6-4-2;;/h3*1,3-7H2,2H3;1H;/q;;;;+1/p-1. The van der Waals surface area contributed by atoms with Gasteiger partial charge in [-0.3, -0.25) is 0 Å². The molecule has 0 fully saturated rings. The molecule has 0 aromatic heterocycles. The SMILES string of the molecule is CCCCCC[CH2][Sn]([Cl])([CH2]CCCCCC)[CH2]CCCCCC. The van der Waals surface area contributed by atoms with Gasteiger partial charge in [-0.1, -0.05) is 0 Å². The third kappa shape index (κ3) is 16.3. The summed E-state index contributed by atoms with van der Waals surface area (Å²) in [6.07, 6.45) is 21.2.